The Morgan fingerprint density at radius 2 is 1.88 bits per heavy atom. The van der Waals surface area contributed by atoms with Gasteiger partial charge in [-0.25, -0.2) is 4.79 Å². The molecule has 1 amide bonds. The number of nitrogens with two attached hydrogens (primary N) is 1. The highest BCUT2D eigenvalue weighted by atomic mass is 19.4. The van der Waals surface area contributed by atoms with Gasteiger partial charge in [0.05, 0.1) is 5.56 Å². The van der Waals surface area contributed by atoms with Crippen LogP contribution in [-0.4, -0.2) is 12.6 Å². The molecule has 0 saturated carbocycles. The molecule has 0 unspecified atom stereocenters. The Hall–Kier alpha value is -2.96. The topological polar surface area (TPSA) is 64.3 Å². The number of carbonyl (C=O) groups excluding carboxylic acids is 1. The molecule has 0 aromatic heterocycles. The number of hydrogen-bond donors (Lipinski definition) is 2. The minimum absolute atomic E-state index is 0.0118. The molecule has 0 aliphatic rings. The fourth-order valence-electron chi connectivity index (χ4n) is 2.01. The van der Waals surface area contributed by atoms with E-state index in [2.05, 4.69) is 5.32 Å². The second-order valence-corrected chi connectivity index (χ2v) is 5.19. The minimum atomic E-state index is -4.43. The van der Waals surface area contributed by atoms with E-state index < -0.39 is 17.8 Å². The van der Waals surface area contributed by atoms with E-state index in [4.69, 9.17) is 10.5 Å². The lowest BCUT2D eigenvalue weighted by molar-refractivity contribution is -0.137. The van der Waals surface area contributed by atoms with Crippen molar-refractivity contribution in [2.24, 2.45) is 0 Å². The summed E-state index contributed by atoms with van der Waals surface area (Å²) in [6.45, 7) is 0.316. The van der Waals surface area contributed by atoms with E-state index in [9.17, 15) is 18.0 Å². The van der Waals surface area contributed by atoms with Crippen LogP contribution < -0.4 is 11.1 Å². The highest BCUT2D eigenvalue weighted by Gasteiger charge is 2.30. The summed E-state index contributed by atoms with van der Waals surface area (Å²) < 4.78 is 42.7. The first kappa shape index (κ1) is 18.4. The summed E-state index contributed by atoms with van der Waals surface area (Å²) in [5.74, 6) is 0. The number of rotatable bonds is 5. The number of nitrogens with one attached hydrogen (secondary N) is 1. The lowest BCUT2D eigenvalue weighted by Crippen LogP contribution is -2.24. The number of amides is 1. The predicted octanol–water partition coefficient (Wildman–Crippen LogP) is 4.23. The number of halogens is 3. The first-order chi connectivity index (χ1) is 11.9. The number of alkyl halides is 3. The number of benzene rings is 2. The van der Waals surface area contributed by atoms with Gasteiger partial charge in [0.1, 0.15) is 6.61 Å². The van der Waals surface area contributed by atoms with Crippen molar-refractivity contribution in [1.82, 2.24) is 5.32 Å². The molecule has 0 atom stereocenters. The summed E-state index contributed by atoms with van der Waals surface area (Å²) in [7, 11) is 0. The lowest BCUT2D eigenvalue weighted by atomic mass is 10.1. The third-order valence-electron chi connectivity index (χ3n) is 3.29. The van der Waals surface area contributed by atoms with Crippen LogP contribution in [0.5, 0.6) is 0 Å². The van der Waals surface area contributed by atoms with Crippen molar-refractivity contribution in [1.29, 1.82) is 0 Å². The number of carbonyl (C=O) groups is 1. The molecule has 0 heterocycles. The normalized spacial score (nSPS) is 11.5. The van der Waals surface area contributed by atoms with E-state index in [1.807, 2.05) is 30.3 Å². The average molecular weight is 350 g/mol. The van der Waals surface area contributed by atoms with E-state index in [1.165, 1.54) is 12.1 Å². The molecule has 0 aliphatic heterocycles. The van der Waals surface area contributed by atoms with E-state index >= 15 is 0 Å². The van der Waals surface area contributed by atoms with Crippen molar-refractivity contribution >= 4 is 17.9 Å². The smallest absolute Gasteiger partial charge is 0.416 e. The number of alkyl carbamates (subject to hydrolysis) is 1. The van der Waals surface area contributed by atoms with Gasteiger partial charge in [-0.05, 0) is 23.3 Å². The quantitative estimate of drug-likeness (QED) is 0.793. The largest absolute Gasteiger partial charge is 0.445 e. The van der Waals surface area contributed by atoms with E-state index in [0.717, 1.165) is 17.7 Å². The average Bonchev–Trinajstić information content (AvgIpc) is 2.58. The molecular formula is C18H17F3N2O2. The molecule has 0 fully saturated rings. The zero-order valence-electron chi connectivity index (χ0n) is 13.2. The Morgan fingerprint density at radius 3 is 2.52 bits per heavy atom. The fourth-order valence-corrected chi connectivity index (χ4v) is 2.01. The van der Waals surface area contributed by atoms with Crippen molar-refractivity contribution in [3.05, 3.63) is 71.3 Å². The van der Waals surface area contributed by atoms with Crippen molar-refractivity contribution in [3.63, 3.8) is 0 Å². The Morgan fingerprint density at radius 1 is 1.16 bits per heavy atom. The monoisotopic (exact) mass is 350 g/mol. The van der Waals surface area contributed by atoms with Gasteiger partial charge >= 0.3 is 12.3 Å². The minimum Gasteiger partial charge on any atom is -0.445 e. The molecule has 0 radical (unpaired) electrons. The molecule has 2 rings (SSSR count). The SMILES string of the molecule is Nc1cc(C(F)(F)F)ccc1C=CCNC(=O)OCc1ccccc1. The molecule has 132 valence electrons. The molecule has 4 nitrogen and oxygen atoms in total. The molecule has 3 N–H and O–H groups in total. The summed E-state index contributed by atoms with van der Waals surface area (Å²) in [6, 6.07) is 12.3. The first-order valence-electron chi connectivity index (χ1n) is 7.44. The summed E-state index contributed by atoms with van der Waals surface area (Å²) in [6.07, 6.45) is -1.91. The summed E-state index contributed by atoms with van der Waals surface area (Å²) in [5, 5.41) is 2.51. The number of hydrogen-bond acceptors (Lipinski definition) is 3. The molecule has 0 aliphatic carbocycles. The van der Waals surface area contributed by atoms with Crippen LogP contribution in [0.2, 0.25) is 0 Å². The molecule has 0 spiro atoms. The van der Waals surface area contributed by atoms with Crippen LogP contribution in [0.3, 0.4) is 0 Å². The summed E-state index contributed by atoms with van der Waals surface area (Å²) in [5.41, 5.74) is 6.12. The molecule has 7 heteroatoms. The Bertz CT molecular complexity index is 744. The van der Waals surface area contributed by atoms with Gasteiger partial charge in [0.2, 0.25) is 0 Å². The van der Waals surface area contributed by atoms with Gasteiger partial charge in [-0.15, -0.1) is 0 Å². The zero-order chi connectivity index (χ0) is 18.3. The van der Waals surface area contributed by atoms with E-state index in [1.54, 1.807) is 6.08 Å². The summed E-state index contributed by atoms with van der Waals surface area (Å²) >= 11 is 0. The second-order valence-electron chi connectivity index (χ2n) is 5.19. The number of anilines is 1. The summed E-state index contributed by atoms with van der Waals surface area (Å²) in [4.78, 5) is 11.5. The van der Waals surface area contributed by atoms with Gasteiger partial charge in [0.15, 0.2) is 0 Å². The van der Waals surface area contributed by atoms with Crippen LogP contribution >= 0.6 is 0 Å². The van der Waals surface area contributed by atoms with E-state index in [-0.39, 0.29) is 18.8 Å². The molecule has 25 heavy (non-hydrogen) atoms. The first-order valence-corrected chi connectivity index (χ1v) is 7.44. The van der Waals surface area contributed by atoms with Gasteiger partial charge in [0, 0.05) is 12.2 Å². The van der Waals surface area contributed by atoms with Gasteiger partial charge in [-0.2, -0.15) is 13.2 Å². The zero-order valence-corrected chi connectivity index (χ0v) is 13.2. The Labute approximate surface area is 143 Å². The van der Waals surface area contributed by atoms with E-state index in [0.29, 0.717) is 5.56 Å². The van der Waals surface area contributed by atoms with Gasteiger partial charge < -0.3 is 15.8 Å². The van der Waals surface area contributed by atoms with Crippen molar-refractivity contribution < 1.29 is 22.7 Å². The number of ether oxygens (including phenoxy) is 1. The van der Waals surface area contributed by atoms with Crippen molar-refractivity contribution in [2.75, 3.05) is 12.3 Å². The molecular weight excluding hydrogens is 333 g/mol. The molecule has 0 bridgehead atoms. The highest BCUT2D eigenvalue weighted by molar-refractivity contribution is 5.68. The standard InChI is InChI=1S/C18H17F3N2O2/c19-18(20,21)15-9-8-14(16(22)11-15)7-4-10-23-17(24)25-12-13-5-2-1-3-6-13/h1-9,11H,10,12,22H2,(H,23,24). The van der Waals surface area contributed by atoms with Crippen LogP contribution in [0.1, 0.15) is 16.7 Å². The van der Waals surface area contributed by atoms with Crippen LogP contribution in [-0.2, 0) is 17.5 Å². The maximum atomic E-state index is 12.6. The van der Waals surface area contributed by atoms with Gasteiger partial charge in [-0.3, -0.25) is 0 Å². The predicted molar refractivity (Wildman–Crippen MR) is 89.5 cm³/mol. The maximum absolute atomic E-state index is 12.6. The Balaban J connectivity index is 1.80. The van der Waals surface area contributed by atoms with Gasteiger partial charge in [0.25, 0.3) is 0 Å². The van der Waals surface area contributed by atoms with Crippen LogP contribution in [0.25, 0.3) is 6.08 Å². The van der Waals surface area contributed by atoms with Crippen LogP contribution in [0, 0.1) is 0 Å². The lowest BCUT2D eigenvalue weighted by Gasteiger charge is -2.09. The maximum Gasteiger partial charge on any atom is 0.416 e. The number of nitrogen functional groups attached to an aromatic ring is 1. The third-order valence-corrected chi connectivity index (χ3v) is 3.29. The van der Waals surface area contributed by atoms with Crippen molar-refractivity contribution in [2.45, 2.75) is 12.8 Å². The second kappa shape index (κ2) is 8.23. The molecule has 0 saturated heterocycles. The third kappa shape index (κ3) is 5.87. The molecule has 2 aromatic carbocycles. The molecule has 2 aromatic rings. The van der Waals surface area contributed by atoms with Crippen LogP contribution in [0.15, 0.2) is 54.6 Å². The van der Waals surface area contributed by atoms with Crippen LogP contribution in [0.4, 0.5) is 23.7 Å². The Kier molecular flexibility index (Phi) is 6.05. The fraction of sp³-hybridized carbons (Fsp3) is 0.167. The van der Waals surface area contributed by atoms with Gasteiger partial charge in [-0.1, -0.05) is 48.6 Å². The highest BCUT2D eigenvalue weighted by Crippen LogP contribution is 2.31. The van der Waals surface area contributed by atoms with Crippen molar-refractivity contribution in [3.8, 4) is 0 Å².